The van der Waals surface area contributed by atoms with Crippen LogP contribution in [-0.4, -0.2) is 79.2 Å². The van der Waals surface area contributed by atoms with Gasteiger partial charge in [-0.25, -0.2) is 4.39 Å². The zero-order valence-corrected chi connectivity index (χ0v) is 18.2. The molecule has 166 valence electrons. The highest BCUT2D eigenvalue weighted by atomic mass is 19.1. The quantitative estimate of drug-likeness (QED) is 0.697. The Morgan fingerprint density at radius 3 is 2.58 bits per heavy atom. The van der Waals surface area contributed by atoms with Gasteiger partial charge in [0.2, 0.25) is 11.8 Å². The van der Waals surface area contributed by atoms with Gasteiger partial charge in [0.25, 0.3) is 0 Å². The van der Waals surface area contributed by atoms with Crippen LogP contribution < -0.4 is 9.64 Å². The van der Waals surface area contributed by atoms with Crippen LogP contribution in [0.4, 0.5) is 14.5 Å². The summed E-state index contributed by atoms with van der Waals surface area (Å²) in [5, 5.41) is 0. The Hall–Kier alpha value is -2.32. The van der Waals surface area contributed by atoms with Crippen LogP contribution in [0.5, 0.6) is 5.88 Å². The highest BCUT2D eigenvalue weighted by molar-refractivity contribution is 5.75. The van der Waals surface area contributed by atoms with Gasteiger partial charge in [-0.1, -0.05) is 0 Å². The number of pyridine rings is 2. The van der Waals surface area contributed by atoms with E-state index in [1.807, 2.05) is 0 Å². The van der Waals surface area contributed by atoms with E-state index in [4.69, 9.17) is 4.74 Å². The normalized spacial score (nSPS) is 23.9. The molecule has 31 heavy (non-hydrogen) atoms. The second kappa shape index (κ2) is 7.98. The van der Waals surface area contributed by atoms with Gasteiger partial charge >= 0.3 is 0 Å². The summed E-state index contributed by atoms with van der Waals surface area (Å²) in [6.45, 7) is 5.84. The molecule has 1 aliphatic carbocycles. The lowest BCUT2D eigenvalue weighted by atomic mass is 9.78. The molecule has 5 rings (SSSR count). The fraction of sp³-hybridized carbons (Fsp3) is 0.565. The molecule has 2 aromatic rings. The van der Waals surface area contributed by atoms with Crippen LogP contribution in [0.2, 0.25) is 0 Å². The molecule has 0 N–H and O–H groups in total. The topological polar surface area (TPSA) is 44.7 Å². The number of likely N-dealkylation sites (tertiary alicyclic amines) is 1. The lowest BCUT2D eigenvalue weighted by molar-refractivity contribution is 0.0204. The van der Waals surface area contributed by atoms with Crippen LogP contribution in [-0.2, 0) is 0 Å². The first-order valence-corrected chi connectivity index (χ1v) is 11.0. The van der Waals surface area contributed by atoms with Gasteiger partial charge in [-0.15, -0.1) is 0 Å². The molecule has 1 unspecified atom stereocenters. The lowest BCUT2D eigenvalue weighted by Gasteiger charge is -2.47. The summed E-state index contributed by atoms with van der Waals surface area (Å²) in [5.41, 5.74) is 1.83. The van der Waals surface area contributed by atoms with Crippen LogP contribution in [0.25, 0.3) is 11.3 Å². The van der Waals surface area contributed by atoms with E-state index in [0.717, 1.165) is 32.4 Å². The van der Waals surface area contributed by atoms with E-state index in [0.29, 0.717) is 22.8 Å². The van der Waals surface area contributed by atoms with Crippen LogP contribution in [0.1, 0.15) is 19.3 Å². The Balaban J connectivity index is 1.31. The Kier molecular flexibility index (Phi) is 5.30. The van der Waals surface area contributed by atoms with Gasteiger partial charge in [-0.3, -0.25) is 9.88 Å². The van der Waals surface area contributed by atoms with Crippen molar-refractivity contribution < 1.29 is 13.5 Å². The van der Waals surface area contributed by atoms with Crippen LogP contribution in [0.15, 0.2) is 24.4 Å². The second-order valence-electron chi connectivity index (χ2n) is 9.31. The monoisotopic (exact) mass is 429 g/mol. The van der Waals surface area contributed by atoms with E-state index < -0.39 is 11.8 Å². The van der Waals surface area contributed by atoms with Gasteiger partial charge in [0.1, 0.15) is 5.82 Å². The van der Waals surface area contributed by atoms with Crippen molar-refractivity contribution in [2.75, 3.05) is 58.3 Å². The van der Waals surface area contributed by atoms with Crippen molar-refractivity contribution in [3.05, 3.63) is 36.2 Å². The zero-order chi connectivity index (χ0) is 21.6. The summed E-state index contributed by atoms with van der Waals surface area (Å²) in [6, 6.07) is 5.29. The van der Waals surface area contributed by atoms with E-state index in [1.54, 1.807) is 12.1 Å². The summed E-state index contributed by atoms with van der Waals surface area (Å²) in [5.74, 6) is -0.888. The number of halogens is 2. The average Bonchev–Trinajstić information content (AvgIpc) is 3.19. The first-order chi connectivity index (χ1) is 15.0. The van der Waals surface area contributed by atoms with Crippen LogP contribution >= 0.6 is 0 Å². The molecule has 3 aliphatic rings. The van der Waals surface area contributed by atoms with Crippen molar-refractivity contribution in [2.24, 2.45) is 5.41 Å². The Morgan fingerprint density at radius 2 is 1.90 bits per heavy atom. The molecule has 6 nitrogen and oxygen atoms in total. The maximum atomic E-state index is 14.6. The van der Waals surface area contributed by atoms with E-state index >= 15 is 0 Å². The van der Waals surface area contributed by atoms with Crippen molar-refractivity contribution in [1.82, 2.24) is 19.8 Å². The smallest absolute Gasteiger partial charge is 0.225 e. The van der Waals surface area contributed by atoms with Crippen molar-refractivity contribution in [3.63, 3.8) is 0 Å². The maximum Gasteiger partial charge on any atom is 0.225 e. The molecule has 0 bridgehead atoms. The van der Waals surface area contributed by atoms with Crippen molar-refractivity contribution in [2.45, 2.75) is 25.3 Å². The van der Waals surface area contributed by atoms with Gasteiger partial charge in [-0.2, -0.15) is 9.37 Å². The molecular weight excluding hydrogens is 400 g/mol. The van der Waals surface area contributed by atoms with Gasteiger partial charge in [0.15, 0.2) is 0 Å². The largest absolute Gasteiger partial charge is 0.481 e. The molecule has 0 radical (unpaired) electrons. The zero-order valence-electron chi connectivity index (χ0n) is 18.2. The minimum atomic E-state index is -0.667. The van der Waals surface area contributed by atoms with Crippen molar-refractivity contribution in [3.8, 4) is 17.1 Å². The summed E-state index contributed by atoms with van der Waals surface area (Å²) in [4.78, 5) is 15.2. The van der Waals surface area contributed by atoms with Gasteiger partial charge in [0, 0.05) is 57.4 Å². The number of anilines is 1. The predicted molar refractivity (Wildman–Crippen MR) is 115 cm³/mol. The molecule has 0 amide bonds. The highest BCUT2D eigenvalue weighted by Gasteiger charge is 2.48. The second-order valence-corrected chi connectivity index (χ2v) is 9.31. The number of hydrogen-bond donors (Lipinski definition) is 0. The third kappa shape index (κ3) is 3.87. The van der Waals surface area contributed by atoms with Gasteiger partial charge in [0.05, 0.1) is 30.3 Å². The van der Waals surface area contributed by atoms with Crippen LogP contribution in [0, 0.1) is 17.2 Å². The number of nitrogens with zero attached hydrogens (tertiary/aromatic N) is 5. The summed E-state index contributed by atoms with van der Waals surface area (Å²) >= 11 is 0. The Morgan fingerprint density at radius 1 is 1.13 bits per heavy atom. The Bertz CT molecular complexity index is 957. The average molecular weight is 430 g/mol. The lowest BCUT2D eigenvalue weighted by Crippen LogP contribution is -2.54. The molecule has 1 spiro atoms. The standard InChI is InChI=1S/C23H29F2N5O/c1-28-14-23(15-28)6-5-17(12-23)29-7-9-30(10-8-29)19-11-16(24)13-26-21(19)18-3-4-20(31-2)27-22(18)25/h3-4,11,13,17H,5-10,12,14-15H2,1-2H3. The molecule has 8 heteroatoms. The number of aromatic nitrogens is 2. The first-order valence-electron chi connectivity index (χ1n) is 11.0. The van der Waals surface area contributed by atoms with Crippen molar-refractivity contribution >= 4 is 5.69 Å². The molecule has 2 saturated heterocycles. The predicted octanol–water partition coefficient (Wildman–Crippen LogP) is 3.04. The molecule has 2 aliphatic heterocycles. The summed E-state index contributed by atoms with van der Waals surface area (Å²) < 4.78 is 33.7. The minimum absolute atomic E-state index is 0.200. The number of piperazine rings is 1. The fourth-order valence-corrected chi connectivity index (χ4v) is 5.79. The van der Waals surface area contributed by atoms with E-state index in [9.17, 15) is 8.78 Å². The van der Waals surface area contributed by atoms with E-state index in [-0.39, 0.29) is 11.4 Å². The molecule has 3 fully saturated rings. The molecule has 1 saturated carbocycles. The minimum Gasteiger partial charge on any atom is -0.481 e. The van der Waals surface area contributed by atoms with E-state index in [1.165, 1.54) is 45.5 Å². The number of ether oxygens (including phenoxy) is 1. The van der Waals surface area contributed by atoms with Gasteiger partial charge in [-0.05, 0) is 37.8 Å². The highest BCUT2D eigenvalue weighted by Crippen LogP contribution is 2.46. The van der Waals surface area contributed by atoms with E-state index in [2.05, 4.69) is 31.7 Å². The maximum absolute atomic E-state index is 14.6. The first kappa shape index (κ1) is 20.6. The summed E-state index contributed by atoms with van der Waals surface area (Å²) in [7, 11) is 3.64. The van der Waals surface area contributed by atoms with Crippen LogP contribution in [0.3, 0.4) is 0 Å². The number of methoxy groups -OCH3 is 1. The summed E-state index contributed by atoms with van der Waals surface area (Å²) in [6.07, 6.45) is 5.01. The molecular formula is C23H29F2N5O. The molecule has 0 aromatic carbocycles. The van der Waals surface area contributed by atoms with Gasteiger partial charge < -0.3 is 14.5 Å². The SMILES string of the molecule is COc1ccc(-c2ncc(F)cc2N2CCN(C3CCC4(C3)CN(C)C4)CC2)c(F)n1. The Labute approximate surface area is 181 Å². The third-order valence-corrected chi connectivity index (χ3v) is 7.18. The third-order valence-electron chi connectivity index (χ3n) is 7.18. The fourth-order valence-electron chi connectivity index (χ4n) is 5.79. The number of rotatable bonds is 4. The molecule has 4 heterocycles. The number of hydrogen-bond acceptors (Lipinski definition) is 6. The molecule has 1 atom stereocenters. The molecule has 2 aromatic heterocycles. The van der Waals surface area contributed by atoms with Crippen molar-refractivity contribution in [1.29, 1.82) is 0 Å².